The van der Waals surface area contributed by atoms with Gasteiger partial charge in [-0.05, 0) is 140 Å². The summed E-state index contributed by atoms with van der Waals surface area (Å²) in [5.74, 6) is -2.65. The van der Waals surface area contributed by atoms with Crippen LogP contribution < -0.4 is 26.6 Å². The number of aromatic carboxylic acids is 1. The van der Waals surface area contributed by atoms with Crippen LogP contribution in [0.2, 0.25) is 0 Å². The number of para-hydroxylation sites is 1. The number of carboxylic acids is 1. The Labute approximate surface area is 486 Å². The fourth-order valence-corrected chi connectivity index (χ4v) is 15.5. The van der Waals surface area contributed by atoms with Crippen LogP contribution >= 0.6 is 11.3 Å². The lowest BCUT2D eigenvalue weighted by molar-refractivity contribution is -0.248. The van der Waals surface area contributed by atoms with Crippen molar-refractivity contribution in [2.45, 2.75) is 124 Å². The number of nitrogens with zero attached hydrogens (tertiary/aromatic N) is 6. The first kappa shape index (κ1) is 58.9. The van der Waals surface area contributed by atoms with E-state index in [4.69, 9.17) is 25.3 Å². The second-order valence-electron chi connectivity index (χ2n) is 24.5. The molecule has 4 saturated carbocycles. The van der Waals surface area contributed by atoms with Crippen molar-refractivity contribution in [1.82, 2.24) is 30.0 Å². The van der Waals surface area contributed by atoms with Gasteiger partial charge in [-0.2, -0.15) is 13.5 Å². The molecule has 440 valence electrons. The van der Waals surface area contributed by atoms with Crippen LogP contribution in [-0.4, -0.2) is 122 Å². The van der Waals surface area contributed by atoms with Gasteiger partial charge in [0.05, 0.1) is 40.4 Å². The molecule has 4 amide bonds. The summed E-state index contributed by atoms with van der Waals surface area (Å²) in [4.78, 5) is 78.3. The molecule has 7 N–H and O–H groups in total. The Bertz CT molecular complexity index is 3550. The van der Waals surface area contributed by atoms with Crippen LogP contribution in [0.4, 0.5) is 21.4 Å². The monoisotopic (exact) mass is 1170 g/mol. The number of rotatable bonds is 21. The normalized spacial score (nSPS) is 22.4. The van der Waals surface area contributed by atoms with Gasteiger partial charge in [0.2, 0.25) is 11.8 Å². The zero-order chi connectivity index (χ0) is 59.2. The predicted molar refractivity (Wildman–Crippen MR) is 315 cm³/mol. The minimum absolute atomic E-state index is 0.00625. The topological polar surface area (TPSA) is 291 Å². The van der Waals surface area contributed by atoms with Crippen LogP contribution in [0.15, 0.2) is 85.1 Å². The zero-order valence-corrected chi connectivity index (χ0v) is 49.2. The van der Waals surface area contributed by atoms with Crippen molar-refractivity contribution in [3.8, 4) is 11.1 Å². The molecule has 11 rings (SSSR count). The summed E-state index contributed by atoms with van der Waals surface area (Å²) in [5, 5.41) is 24.5. The Morgan fingerprint density at radius 2 is 1.59 bits per heavy atom. The Balaban J connectivity index is 0.791. The number of thiazole rings is 1. The van der Waals surface area contributed by atoms with Crippen LogP contribution in [0.5, 0.6) is 0 Å². The van der Waals surface area contributed by atoms with Gasteiger partial charge in [0.25, 0.3) is 16.0 Å². The SMILES string of the molecule is Cc1c(-c2ccc(N3CCc4cccc(C(=O)Nc5nc6ccccc6s5)c4C3)nc2C(=O)O)cnn1CC12CC3(C)CC(C)(C1)CC(OCCN(CCS(=O)(=O)O)C(=O)OCc1ccc(NC(=O)[C@H](C)NC(=O)[C@@H](N)C(C)C)cc1)(C3)C2. The third-order valence-corrected chi connectivity index (χ3v) is 18.6. The van der Waals surface area contributed by atoms with Gasteiger partial charge in [-0.15, -0.1) is 0 Å². The molecular weight excluding hydrogens is 1100 g/mol. The second-order valence-corrected chi connectivity index (χ2v) is 27.1. The third kappa shape index (κ3) is 13.1. The Morgan fingerprint density at radius 1 is 0.855 bits per heavy atom. The smallest absolute Gasteiger partial charge is 0.410 e. The average Bonchev–Trinajstić information content (AvgIpc) is 1.53. The molecule has 23 heteroatoms. The van der Waals surface area contributed by atoms with Crippen LogP contribution in [0.1, 0.15) is 116 Å². The molecule has 0 saturated heterocycles. The minimum atomic E-state index is -4.44. The number of hydrogen-bond donors (Lipinski definition) is 6. The number of carbonyl (C=O) groups is 5. The van der Waals surface area contributed by atoms with Crippen molar-refractivity contribution in [2.75, 3.05) is 47.5 Å². The molecule has 6 aromatic rings. The van der Waals surface area contributed by atoms with Crippen molar-refractivity contribution in [3.05, 3.63) is 119 Å². The van der Waals surface area contributed by atoms with Crippen molar-refractivity contribution in [2.24, 2.45) is 27.9 Å². The maximum atomic E-state index is 13.8. The van der Waals surface area contributed by atoms with E-state index in [-0.39, 0.29) is 60.1 Å². The summed E-state index contributed by atoms with van der Waals surface area (Å²) < 4.78 is 49.1. The van der Waals surface area contributed by atoms with E-state index in [1.807, 2.05) is 72.8 Å². The van der Waals surface area contributed by atoms with E-state index < -0.39 is 57.4 Å². The maximum Gasteiger partial charge on any atom is 0.410 e. The molecule has 0 spiro atoms. The lowest BCUT2D eigenvalue weighted by atomic mass is 9.39. The highest BCUT2D eigenvalue weighted by atomic mass is 32.2. The summed E-state index contributed by atoms with van der Waals surface area (Å²) >= 11 is 1.41. The van der Waals surface area contributed by atoms with Crippen molar-refractivity contribution in [3.63, 3.8) is 0 Å². The number of nitrogens with two attached hydrogens (primary N) is 1. The van der Waals surface area contributed by atoms with Crippen molar-refractivity contribution in [1.29, 1.82) is 0 Å². The average molecular weight is 1170 g/mol. The number of aromatic nitrogens is 4. The molecule has 3 aromatic heterocycles. The fourth-order valence-electron chi connectivity index (χ4n) is 14.2. The molecule has 4 fully saturated rings. The van der Waals surface area contributed by atoms with E-state index in [0.29, 0.717) is 71.4 Å². The quantitative estimate of drug-likeness (QED) is 0.0368. The van der Waals surface area contributed by atoms with Crippen LogP contribution in [-0.2, 0) is 55.3 Å². The number of ether oxygens (including phenoxy) is 2. The summed E-state index contributed by atoms with van der Waals surface area (Å²) in [6.45, 7) is 12.8. The zero-order valence-electron chi connectivity index (χ0n) is 47.6. The molecule has 4 aliphatic carbocycles. The summed E-state index contributed by atoms with van der Waals surface area (Å²) in [5.41, 5.74) is 11.0. The largest absolute Gasteiger partial charge is 0.476 e. The number of fused-ring (bicyclic) bond motifs is 2. The van der Waals surface area contributed by atoms with Crippen molar-refractivity contribution >= 4 is 78.1 Å². The summed E-state index contributed by atoms with van der Waals surface area (Å²) in [6, 6.07) is 22.0. The summed E-state index contributed by atoms with van der Waals surface area (Å²) in [7, 11) is -4.44. The van der Waals surface area contributed by atoms with E-state index in [0.717, 1.165) is 59.1 Å². The first-order valence-electron chi connectivity index (χ1n) is 28.1. The van der Waals surface area contributed by atoms with Crippen LogP contribution in [0.25, 0.3) is 21.3 Å². The van der Waals surface area contributed by atoms with Gasteiger partial charge in [0.1, 0.15) is 18.5 Å². The molecule has 0 radical (unpaired) electrons. The highest BCUT2D eigenvalue weighted by Gasteiger charge is 2.66. The van der Waals surface area contributed by atoms with Gasteiger partial charge < -0.3 is 40.7 Å². The van der Waals surface area contributed by atoms with Gasteiger partial charge in [0.15, 0.2) is 10.8 Å². The first-order valence-corrected chi connectivity index (χ1v) is 30.5. The molecule has 4 bridgehead atoms. The molecule has 5 aliphatic rings. The highest BCUT2D eigenvalue weighted by molar-refractivity contribution is 7.85. The van der Waals surface area contributed by atoms with Gasteiger partial charge in [-0.1, -0.05) is 75.4 Å². The van der Waals surface area contributed by atoms with E-state index in [2.05, 4.69) is 34.8 Å². The van der Waals surface area contributed by atoms with Gasteiger partial charge in [0, 0.05) is 60.8 Å². The van der Waals surface area contributed by atoms with E-state index in [1.165, 1.54) is 16.2 Å². The lowest BCUT2D eigenvalue weighted by Crippen LogP contribution is -2.64. The number of amides is 4. The molecule has 83 heavy (non-hydrogen) atoms. The molecule has 21 nitrogen and oxygen atoms in total. The van der Waals surface area contributed by atoms with Gasteiger partial charge >= 0.3 is 12.1 Å². The Hall–Kier alpha value is -7.31. The molecule has 2 unspecified atom stereocenters. The van der Waals surface area contributed by atoms with Gasteiger partial charge in [-0.25, -0.2) is 19.6 Å². The minimum Gasteiger partial charge on any atom is -0.476 e. The fraction of sp³-hybridized carbons (Fsp3) is 0.467. The second kappa shape index (κ2) is 23.0. The number of benzene rings is 3. The molecular formula is C60H72N10O11S2. The lowest BCUT2D eigenvalue weighted by Gasteiger charge is -2.69. The third-order valence-electron chi connectivity index (χ3n) is 17.0. The molecule has 4 heterocycles. The highest BCUT2D eigenvalue weighted by Crippen LogP contribution is 2.72. The predicted octanol–water partition coefficient (Wildman–Crippen LogP) is 8.47. The maximum absolute atomic E-state index is 13.8. The van der Waals surface area contributed by atoms with E-state index in [9.17, 15) is 42.0 Å². The number of nitrogens with one attached hydrogen (secondary N) is 3. The van der Waals surface area contributed by atoms with Crippen molar-refractivity contribution < 1.29 is 51.5 Å². The Morgan fingerprint density at radius 3 is 2.29 bits per heavy atom. The number of pyridine rings is 1. The Kier molecular flexibility index (Phi) is 16.3. The van der Waals surface area contributed by atoms with Gasteiger partial charge in [-0.3, -0.25) is 28.9 Å². The van der Waals surface area contributed by atoms with Crippen LogP contribution in [0.3, 0.4) is 0 Å². The number of carbonyl (C=O) groups excluding carboxylic acids is 4. The number of hydrogen-bond acceptors (Lipinski definition) is 15. The van der Waals surface area contributed by atoms with Crippen LogP contribution in [0, 0.1) is 29.1 Å². The first-order chi connectivity index (χ1) is 39.3. The van der Waals surface area contributed by atoms with E-state index >= 15 is 0 Å². The molecule has 3 aromatic carbocycles. The number of anilines is 3. The standard InChI is InChI=1S/C60H72N10O11S2/c1-36(2)49(61)53(73)63-37(3)51(71)64-41-16-14-39(15-17-41)28-80-56(76)68(23-25-83(77,78)79)22-24-81-60-32-57(5)29-58(6,33-60)31-59(30-57,34-60)35-70-38(4)44(26-62-70)42-18-19-48(66-50(42)54(74)75)69-21-20-40-10-9-11-43(45(40)27-69)52(72)67-55-65-46-12-7-8-13-47(46)82-55/h7-19,26,36-37,49H,20-25,27-35,61H2,1-6H3,(H,63,73)(H,64,71)(H,74,75)(H,65,67,72)(H,77,78,79)/t37-,49-,57?,58?,59?,60?/m0/s1. The molecule has 4 atom stereocenters. The number of carboxylic acid groups (broad SMARTS) is 1. The molecule has 1 aliphatic heterocycles. The summed E-state index contributed by atoms with van der Waals surface area (Å²) in [6.07, 6.45) is 6.75. The van der Waals surface area contributed by atoms with E-state index in [1.54, 1.807) is 49.5 Å².